The van der Waals surface area contributed by atoms with Crippen LogP contribution in [-0.4, -0.2) is 48.6 Å². The van der Waals surface area contributed by atoms with E-state index in [-0.39, 0.29) is 11.9 Å². The largest absolute Gasteiger partial charge is 0.355 e. The molecule has 0 aromatic rings. The molecule has 3 atom stereocenters. The van der Waals surface area contributed by atoms with E-state index < -0.39 is 0 Å². The van der Waals surface area contributed by atoms with Crippen molar-refractivity contribution in [1.29, 1.82) is 0 Å². The van der Waals surface area contributed by atoms with Gasteiger partial charge in [0.1, 0.15) is 0 Å². The van der Waals surface area contributed by atoms with E-state index in [0.717, 1.165) is 19.4 Å². The molecule has 0 radical (unpaired) electrons. The van der Waals surface area contributed by atoms with Crippen molar-refractivity contribution >= 4 is 5.91 Å². The number of piperidine rings is 2. The standard InChI is InChI=1S/C13H23N3O/c17-13-11(4-3-7-14-13)15-10-6-9-16-8-2-1-5-12(10)16/h10-12,15H,1-9H2,(H,14,17). The Labute approximate surface area is 103 Å². The smallest absolute Gasteiger partial charge is 0.237 e. The van der Waals surface area contributed by atoms with Gasteiger partial charge in [-0.1, -0.05) is 6.42 Å². The van der Waals surface area contributed by atoms with Gasteiger partial charge in [0.2, 0.25) is 5.91 Å². The van der Waals surface area contributed by atoms with Gasteiger partial charge in [0.15, 0.2) is 0 Å². The highest BCUT2D eigenvalue weighted by molar-refractivity contribution is 5.82. The molecule has 1 amide bonds. The fourth-order valence-corrected chi connectivity index (χ4v) is 3.63. The fourth-order valence-electron chi connectivity index (χ4n) is 3.63. The summed E-state index contributed by atoms with van der Waals surface area (Å²) in [4.78, 5) is 14.4. The predicted molar refractivity (Wildman–Crippen MR) is 66.8 cm³/mol. The molecule has 0 aromatic carbocycles. The van der Waals surface area contributed by atoms with Crippen molar-refractivity contribution < 1.29 is 4.79 Å². The van der Waals surface area contributed by atoms with E-state index in [1.807, 2.05) is 0 Å². The van der Waals surface area contributed by atoms with Crippen LogP contribution in [0.15, 0.2) is 0 Å². The summed E-state index contributed by atoms with van der Waals surface area (Å²) in [6.45, 7) is 3.34. The van der Waals surface area contributed by atoms with Gasteiger partial charge in [-0.2, -0.15) is 0 Å². The summed E-state index contributed by atoms with van der Waals surface area (Å²) >= 11 is 0. The summed E-state index contributed by atoms with van der Waals surface area (Å²) in [5.74, 6) is 0.213. The molecule has 3 rings (SSSR count). The highest BCUT2D eigenvalue weighted by atomic mass is 16.2. The highest BCUT2D eigenvalue weighted by Crippen LogP contribution is 2.27. The molecule has 3 saturated heterocycles. The van der Waals surface area contributed by atoms with Crippen LogP contribution in [0.2, 0.25) is 0 Å². The quantitative estimate of drug-likeness (QED) is 0.734. The number of nitrogens with one attached hydrogen (secondary N) is 2. The average molecular weight is 237 g/mol. The molecule has 3 aliphatic rings. The van der Waals surface area contributed by atoms with E-state index in [4.69, 9.17) is 0 Å². The minimum Gasteiger partial charge on any atom is -0.355 e. The number of fused-ring (bicyclic) bond motifs is 1. The maximum atomic E-state index is 11.8. The van der Waals surface area contributed by atoms with Crippen LogP contribution in [0, 0.1) is 0 Å². The Morgan fingerprint density at radius 3 is 2.94 bits per heavy atom. The van der Waals surface area contributed by atoms with E-state index in [9.17, 15) is 4.79 Å². The van der Waals surface area contributed by atoms with Gasteiger partial charge in [-0.3, -0.25) is 9.69 Å². The first-order valence-corrected chi connectivity index (χ1v) is 7.12. The Morgan fingerprint density at radius 2 is 2.06 bits per heavy atom. The van der Waals surface area contributed by atoms with Gasteiger partial charge in [-0.05, 0) is 38.6 Å². The first-order valence-electron chi connectivity index (χ1n) is 7.12. The Balaban J connectivity index is 1.59. The maximum absolute atomic E-state index is 11.8. The third-order valence-electron chi connectivity index (χ3n) is 4.56. The van der Waals surface area contributed by atoms with Gasteiger partial charge in [0.25, 0.3) is 0 Å². The summed E-state index contributed by atoms with van der Waals surface area (Å²) in [5.41, 5.74) is 0. The number of carbonyl (C=O) groups excluding carboxylic acids is 1. The monoisotopic (exact) mass is 237 g/mol. The van der Waals surface area contributed by atoms with Crippen LogP contribution in [0.25, 0.3) is 0 Å². The van der Waals surface area contributed by atoms with Crippen LogP contribution in [0.5, 0.6) is 0 Å². The van der Waals surface area contributed by atoms with Crippen molar-refractivity contribution in [2.24, 2.45) is 0 Å². The van der Waals surface area contributed by atoms with E-state index >= 15 is 0 Å². The Kier molecular flexibility index (Phi) is 3.34. The lowest BCUT2D eigenvalue weighted by Gasteiger charge is -2.34. The molecular formula is C13H23N3O. The molecule has 0 aliphatic carbocycles. The topological polar surface area (TPSA) is 44.4 Å². The van der Waals surface area contributed by atoms with E-state index in [0.29, 0.717) is 12.1 Å². The van der Waals surface area contributed by atoms with Crippen molar-refractivity contribution in [3.63, 3.8) is 0 Å². The molecule has 3 fully saturated rings. The van der Waals surface area contributed by atoms with Crippen LogP contribution in [-0.2, 0) is 4.79 Å². The Morgan fingerprint density at radius 1 is 1.12 bits per heavy atom. The SMILES string of the molecule is O=C1NCCCC1NC1CCN2CCCCC12. The summed E-state index contributed by atoms with van der Waals surface area (Å²) in [7, 11) is 0. The average Bonchev–Trinajstić information content (AvgIpc) is 2.76. The minimum atomic E-state index is 0.0654. The third kappa shape index (κ3) is 2.33. The molecular weight excluding hydrogens is 214 g/mol. The lowest BCUT2D eigenvalue weighted by molar-refractivity contribution is -0.124. The number of hydrogen-bond donors (Lipinski definition) is 2. The molecule has 0 bridgehead atoms. The molecule has 17 heavy (non-hydrogen) atoms. The first-order chi connectivity index (χ1) is 8.34. The Hall–Kier alpha value is -0.610. The first kappa shape index (κ1) is 11.5. The number of amides is 1. The molecule has 3 heterocycles. The van der Waals surface area contributed by atoms with Crippen LogP contribution in [0.4, 0.5) is 0 Å². The number of rotatable bonds is 2. The van der Waals surface area contributed by atoms with Gasteiger partial charge in [-0.15, -0.1) is 0 Å². The van der Waals surface area contributed by atoms with Crippen LogP contribution >= 0.6 is 0 Å². The molecule has 4 nitrogen and oxygen atoms in total. The van der Waals surface area contributed by atoms with Gasteiger partial charge in [0, 0.05) is 25.2 Å². The van der Waals surface area contributed by atoms with Crippen molar-refractivity contribution in [2.75, 3.05) is 19.6 Å². The van der Waals surface area contributed by atoms with Crippen molar-refractivity contribution in [2.45, 2.75) is 56.7 Å². The van der Waals surface area contributed by atoms with Crippen molar-refractivity contribution in [1.82, 2.24) is 15.5 Å². The summed E-state index contributed by atoms with van der Waals surface area (Å²) < 4.78 is 0. The van der Waals surface area contributed by atoms with Crippen molar-refractivity contribution in [3.05, 3.63) is 0 Å². The zero-order valence-corrected chi connectivity index (χ0v) is 10.5. The number of nitrogens with zero attached hydrogens (tertiary/aromatic N) is 1. The van der Waals surface area contributed by atoms with Crippen LogP contribution < -0.4 is 10.6 Å². The predicted octanol–water partition coefficient (Wildman–Crippen LogP) is 0.481. The van der Waals surface area contributed by atoms with E-state index in [1.165, 1.54) is 38.8 Å². The number of hydrogen-bond acceptors (Lipinski definition) is 3. The summed E-state index contributed by atoms with van der Waals surface area (Å²) in [5, 5.41) is 6.58. The van der Waals surface area contributed by atoms with Crippen LogP contribution in [0.1, 0.15) is 38.5 Å². The van der Waals surface area contributed by atoms with Crippen molar-refractivity contribution in [3.8, 4) is 0 Å². The molecule has 3 aliphatic heterocycles. The number of carbonyl (C=O) groups is 1. The lowest BCUT2D eigenvalue weighted by atomic mass is 9.97. The summed E-state index contributed by atoms with van der Waals surface area (Å²) in [6.07, 6.45) is 7.36. The van der Waals surface area contributed by atoms with Crippen LogP contribution in [0.3, 0.4) is 0 Å². The zero-order valence-electron chi connectivity index (χ0n) is 10.5. The second-order valence-electron chi connectivity index (χ2n) is 5.65. The van der Waals surface area contributed by atoms with E-state index in [2.05, 4.69) is 15.5 Å². The summed E-state index contributed by atoms with van der Waals surface area (Å²) in [6, 6.07) is 1.30. The van der Waals surface area contributed by atoms with Gasteiger partial charge in [-0.25, -0.2) is 0 Å². The Bertz CT molecular complexity index is 294. The molecule has 0 saturated carbocycles. The lowest BCUT2D eigenvalue weighted by Crippen LogP contribution is -2.55. The fraction of sp³-hybridized carbons (Fsp3) is 0.923. The molecule has 96 valence electrons. The highest BCUT2D eigenvalue weighted by Gasteiger charge is 2.37. The van der Waals surface area contributed by atoms with Gasteiger partial charge in [0.05, 0.1) is 6.04 Å². The molecule has 2 N–H and O–H groups in total. The van der Waals surface area contributed by atoms with E-state index in [1.54, 1.807) is 0 Å². The molecule has 0 aromatic heterocycles. The second kappa shape index (κ2) is 4.94. The minimum absolute atomic E-state index is 0.0654. The second-order valence-corrected chi connectivity index (χ2v) is 5.65. The molecule has 4 heteroatoms. The normalized spacial score (nSPS) is 38.8. The maximum Gasteiger partial charge on any atom is 0.237 e. The molecule has 3 unspecified atom stereocenters. The van der Waals surface area contributed by atoms with Gasteiger partial charge < -0.3 is 10.6 Å². The third-order valence-corrected chi connectivity index (χ3v) is 4.56. The molecule has 0 spiro atoms. The van der Waals surface area contributed by atoms with Gasteiger partial charge >= 0.3 is 0 Å². The zero-order chi connectivity index (χ0) is 11.7.